The Bertz CT molecular complexity index is 1270. The Kier molecular flexibility index (Phi) is 8.74. The number of halogens is 1. The predicted molar refractivity (Wildman–Crippen MR) is 148 cm³/mol. The minimum absolute atomic E-state index is 0.0482. The Morgan fingerprint density at radius 3 is 2.51 bits per heavy atom. The molecular weight excluding hydrogens is 540 g/mol. The summed E-state index contributed by atoms with van der Waals surface area (Å²) in [5.74, 6) is 0.614. The first-order valence-electron chi connectivity index (χ1n) is 12.0. The first-order chi connectivity index (χ1) is 17.8. The van der Waals surface area contributed by atoms with Gasteiger partial charge >= 0.3 is 0 Å². The molecule has 3 aromatic rings. The largest absolute Gasteiger partial charge is 0.395 e. The molecule has 0 unspecified atom stereocenters. The molecule has 12 heteroatoms. The second-order valence-electron chi connectivity index (χ2n) is 8.88. The number of benzene rings is 1. The molecule has 37 heavy (non-hydrogen) atoms. The van der Waals surface area contributed by atoms with E-state index >= 15 is 0 Å². The highest BCUT2D eigenvalue weighted by Crippen LogP contribution is 2.25. The highest BCUT2D eigenvalue weighted by atomic mass is 79.9. The molecule has 0 bridgehead atoms. The van der Waals surface area contributed by atoms with E-state index in [9.17, 15) is 9.59 Å². The number of aromatic nitrogens is 3. The number of nitrogens with zero attached hydrogens (tertiary/aromatic N) is 6. The van der Waals surface area contributed by atoms with Crippen LogP contribution in [0.15, 0.2) is 58.1 Å². The molecule has 0 atom stereocenters. The summed E-state index contributed by atoms with van der Waals surface area (Å²) in [6, 6.07) is 11.4. The number of aliphatic hydroxyl groups excluding tert-OH is 1. The van der Waals surface area contributed by atoms with E-state index < -0.39 is 0 Å². The molecule has 1 aromatic carbocycles. The van der Waals surface area contributed by atoms with Crippen LogP contribution in [0.2, 0.25) is 0 Å². The molecule has 2 aromatic heterocycles. The molecule has 0 radical (unpaired) electrons. The number of amides is 1. The van der Waals surface area contributed by atoms with Crippen LogP contribution in [0.25, 0.3) is 0 Å². The van der Waals surface area contributed by atoms with Crippen molar-refractivity contribution in [3.8, 4) is 0 Å². The SMILES string of the molecule is CN(C)C(=O)Cn1cccc(Nc2nc(Nc3ccc(N4CCN(CCO)CC4)cc3)ncc2Br)c1=O. The molecule has 11 nitrogen and oxygen atoms in total. The molecule has 3 N–H and O–H groups in total. The van der Waals surface area contributed by atoms with Crippen LogP contribution in [0.3, 0.4) is 0 Å². The number of rotatable bonds is 9. The van der Waals surface area contributed by atoms with E-state index in [1.807, 2.05) is 12.1 Å². The molecule has 1 fully saturated rings. The molecule has 196 valence electrons. The molecular formula is C25H31BrN8O3. The Hall–Kier alpha value is -3.48. The number of piperazine rings is 1. The summed E-state index contributed by atoms with van der Waals surface area (Å²) in [6.07, 6.45) is 3.19. The predicted octanol–water partition coefficient (Wildman–Crippen LogP) is 2.09. The fraction of sp³-hybridized carbons (Fsp3) is 0.360. The molecule has 4 rings (SSSR count). The van der Waals surface area contributed by atoms with E-state index in [0.29, 0.717) is 21.9 Å². The van der Waals surface area contributed by atoms with Crippen LogP contribution in [0, 0.1) is 0 Å². The monoisotopic (exact) mass is 570 g/mol. The van der Waals surface area contributed by atoms with E-state index in [1.54, 1.807) is 38.6 Å². The number of aliphatic hydroxyl groups is 1. The third-order valence-electron chi connectivity index (χ3n) is 6.10. The number of pyridine rings is 1. The van der Waals surface area contributed by atoms with Crippen LogP contribution in [0.4, 0.5) is 28.8 Å². The van der Waals surface area contributed by atoms with Gasteiger partial charge in [-0.15, -0.1) is 0 Å². The van der Waals surface area contributed by atoms with Gasteiger partial charge in [0.05, 0.1) is 11.1 Å². The summed E-state index contributed by atoms with van der Waals surface area (Å²) in [6.45, 7) is 4.56. The topological polar surface area (TPSA) is 119 Å². The number of hydrogen-bond acceptors (Lipinski definition) is 9. The third kappa shape index (κ3) is 6.85. The standard InChI is InChI=1S/C25H31BrN8O3/c1-31(2)22(36)17-34-9-3-4-21(24(34)37)29-23-20(26)16-27-25(30-23)28-18-5-7-19(8-6-18)33-12-10-32(11-13-33)14-15-35/h3-9,16,35H,10-15,17H2,1-2H3,(H2,27,28,29,30). The fourth-order valence-electron chi connectivity index (χ4n) is 3.94. The second-order valence-corrected chi connectivity index (χ2v) is 9.74. The van der Waals surface area contributed by atoms with Crippen molar-refractivity contribution in [3.63, 3.8) is 0 Å². The lowest BCUT2D eigenvalue weighted by atomic mass is 10.2. The number of hydrogen-bond donors (Lipinski definition) is 3. The van der Waals surface area contributed by atoms with Crippen LogP contribution >= 0.6 is 15.9 Å². The Balaban J connectivity index is 1.43. The van der Waals surface area contributed by atoms with E-state index in [2.05, 4.69) is 58.5 Å². The van der Waals surface area contributed by atoms with E-state index in [4.69, 9.17) is 5.11 Å². The molecule has 1 aliphatic heterocycles. The molecule has 3 heterocycles. The maximum atomic E-state index is 12.9. The first-order valence-corrected chi connectivity index (χ1v) is 12.8. The van der Waals surface area contributed by atoms with Crippen LogP contribution in [-0.4, -0.2) is 88.8 Å². The summed E-state index contributed by atoms with van der Waals surface area (Å²) in [5, 5.41) is 15.4. The minimum Gasteiger partial charge on any atom is -0.395 e. The summed E-state index contributed by atoms with van der Waals surface area (Å²) >= 11 is 3.44. The normalized spacial score (nSPS) is 13.9. The van der Waals surface area contributed by atoms with Gasteiger partial charge in [0.25, 0.3) is 5.56 Å². The van der Waals surface area contributed by atoms with Crippen molar-refractivity contribution >= 4 is 50.7 Å². The zero-order valence-corrected chi connectivity index (χ0v) is 22.5. The Morgan fingerprint density at radius 2 is 1.84 bits per heavy atom. The average Bonchev–Trinajstić information content (AvgIpc) is 2.89. The molecule has 1 amide bonds. The lowest BCUT2D eigenvalue weighted by molar-refractivity contribution is -0.129. The van der Waals surface area contributed by atoms with Crippen molar-refractivity contribution in [2.45, 2.75) is 6.54 Å². The maximum absolute atomic E-state index is 12.9. The summed E-state index contributed by atoms with van der Waals surface area (Å²) < 4.78 is 1.94. The zero-order valence-electron chi connectivity index (χ0n) is 20.9. The van der Waals surface area contributed by atoms with E-state index in [-0.39, 0.29) is 24.6 Å². The van der Waals surface area contributed by atoms with Crippen LogP contribution < -0.4 is 21.1 Å². The lowest BCUT2D eigenvalue weighted by Crippen LogP contribution is -2.47. The highest BCUT2D eigenvalue weighted by Gasteiger charge is 2.17. The number of likely N-dealkylation sites (N-methyl/N-ethyl adjacent to an activating group) is 1. The van der Waals surface area contributed by atoms with Gasteiger partial charge in [-0.1, -0.05) is 0 Å². The van der Waals surface area contributed by atoms with Crippen molar-refractivity contribution in [2.24, 2.45) is 0 Å². The summed E-state index contributed by atoms with van der Waals surface area (Å²) in [4.78, 5) is 39.8. The maximum Gasteiger partial charge on any atom is 0.274 e. The van der Waals surface area contributed by atoms with Gasteiger partial charge in [-0.05, 0) is 52.3 Å². The van der Waals surface area contributed by atoms with E-state index in [0.717, 1.165) is 44.1 Å². The summed E-state index contributed by atoms with van der Waals surface area (Å²) in [7, 11) is 3.30. The van der Waals surface area contributed by atoms with Crippen molar-refractivity contribution in [2.75, 3.05) is 69.0 Å². The smallest absolute Gasteiger partial charge is 0.274 e. The Morgan fingerprint density at radius 1 is 1.11 bits per heavy atom. The van der Waals surface area contributed by atoms with Crippen LogP contribution in [0.1, 0.15) is 0 Å². The van der Waals surface area contributed by atoms with Gasteiger partial charge in [-0.3, -0.25) is 14.5 Å². The second kappa shape index (κ2) is 12.2. The molecule has 1 saturated heterocycles. The molecule has 1 aliphatic rings. The number of nitrogens with one attached hydrogen (secondary N) is 2. The summed E-state index contributed by atoms with van der Waals surface area (Å²) in [5.41, 5.74) is 1.94. The molecule has 0 saturated carbocycles. The number of carbonyl (C=O) groups is 1. The van der Waals surface area contributed by atoms with Crippen molar-refractivity contribution in [1.82, 2.24) is 24.3 Å². The van der Waals surface area contributed by atoms with Gasteiger partial charge in [-0.25, -0.2) is 4.98 Å². The quantitative estimate of drug-likeness (QED) is 0.355. The van der Waals surface area contributed by atoms with Gasteiger partial charge in [0.15, 0.2) is 5.82 Å². The van der Waals surface area contributed by atoms with Crippen molar-refractivity contribution in [1.29, 1.82) is 0 Å². The average molecular weight is 571 g/mol. The highest BCUT2D eigenvalue weighted by molar-refractivity contribution is 9.10. The number of anilines is 5. The first kappa shape index (κ1) is 26.6. The van der Waals surface area contributed by atoms with Crippen molar-refractivity contribution in [3.05, 3.63) is 63.6 Å². The van der Waals surface area contributed by atoms with E-state index in [1.165, 1.54) is 9.47 Å². The number of β-amino-alcohol motifs (C(OH)–C–C–N with tert-alkyl or cyclic N) is 1. The molecule has 0 spiro atoms. The third-order valence-corrected chi connectivity index (χ3v) is 6.68. The molecule has 0 aliphatic carbocycles. The van der Waals surface area contributed by atoms with Crippen LogP contribution in [-0.2, 0) is 11.3 Å². The van der Waals surface area contributed by atoms with Crippen LogP contribution in [0.5, 0.6) is 0 Å². The van der Waals surface area contributed by atoms with Crippen molar-refractivity contribution < 1.29 is 9.90 Å². The fourth-order valence-corrected chi connectivity index (χ4v) is 4.23. The van der Waals surface area contributed by atoms with Gasteiger partial charge in [0, 0.05) is 70.6 Å². The zero-order chi connectivity index (χ0) is 26.4. The van der Waals surface area contributed by atoms with Gasteiger partial charge < -0.3 is 30.1 Å². The van der Waals surface area contributed by atoms with Gasteiger partial charge in [-0.2, -0.15) is 4.98 Å². The lowest BCUT2D eigenvalue weighted by Gasteiger charge is -2.35. The number of carbonyl (C=O) groups excluding carboxylic acids is 1. The van der Waals surface area contributed by atoms with Gasteiger partial charge in [0.1, 0.15) is 12.2 Å². The minimum atomic E-state index is -0.328. The Labute approximate surface area is 223 Å². The van der Waals surface area contributed by atoms with Gasteiger partial charge in [0.2, 0.25) is 11.9 Å².